The van der Waals surface area contributed by atoms with E-state index in [4.69, 9.17) is 15.0 Å². The van der Waals surface area contributed by atoms with Crippen LogP contribution in [0.1, 0.15) is 0 Å². The van der Waals surface area contributed by atoms with Gasteiger partial charge >= 0.3 is 41.9 Å². The number of carboxylic acid groups (broad SMARTS) is 2. The molecule has 0 aromatic rings. The van der Waals surface area contributed by atoms with Crippen LogP contribution in [0.15, 0.2) is 0 Å². The zero-order valence-electron chi connectivity index (χ0n) is 3.88. The maximum absolute atomic E-state index is 8.44. The first-order valence-corrected chi connectivity index (χ1v) is 0.632. The minimum absolute atomic E-state index is 0. The largest absolute Gasteiger partial charge is 2.00 e. The molecule has 1 N–H and O–H groups in total. The Morgan fingerprint density at radius 1 is 1.57 bits per heavy atom. The van der Waals surface area contributed by atoms with Crippen LogP contribution in [0.2, 0.25) is 0 Å². The summed E-state index contributed by atoms with van der Waals surface area (Å²) < 4.78 is 0. The van der Waals surface area contributed by atoms with E-state index in [2.05, 4.69) is 0 Å². The van der Waals surface area contributed by atoms with E-state index >= 15 is 0 Å². The quantitative estimate of drug-likeness (QED) is 0.317. The minimum atomic E-state index is -2.08. The molecule has 0 fully saturated rings. The molecule has 0 radical (unpaired) electrons. The summed E-state index contributed by atoms with van der Waals surface area (Å²) in [6.07, 6.45) is -2.08. The SMILES string of the molecule is O=C([O-])O.[Li+].[Mg+2].[O-2]. The third-order valence-corrected chi connectivity index (χ3v) is 0. The molecule has 0 atom stereocenters. The van der Waals surface area contributed by atoms with Crippen molar-refractivity contribution in [1.82, 2.24) is 0 Å². The van der Waals surface area contributed by atoms with Gasteiger partial charge in [-0.2, -0.15) is 0 Å². The Kier molecular flexibility index (Phi) is 58.3. The van der Waals surface area contributed by atoms with Gasteiger partial charge < -0.3 is 20.5 Å². The average molecular weight is 108 g/mol. The van der Waals surface area contributed by atoms with Crippen LogP contribution in [0.5, 0.6) is 0 Å². The molecule has 0 aliphatic heterocycles. The summed E-state index contributed by atoms with van der Waals surface area (Å²) in [6, 6.07) is 0. The van der Waals surface area contributed by atoms with Crippen LogP contribution in [-0.2, 0) is 5.48 Å². The van der Waals surface area contributed by atoms with E-state index in [1.807, 2.05) is 0 Å². The van der Waals surface area contributed by atoms with Crippen molar-refractivity contribution in [3.8, 4) is 0 Å². The average Bonchev–Trinajstić information content (AvgIpc) is 0.811. The van der Waals surface area contributed by atoms with Crippen molar-refractivity contribution in [1.29, 1.82) is 0 Å². The summed E-state index contributed by atoms with van der Waals surface area (Å²) in [5.74, 6) is 0. The smallest absolute Gasteiger partial charge is 2.00 e. The standard InChI is InChI=1S/CH2O3.Li.Mg.O/c2-1(3)4;;;/h(H2,2,3,4);;;/q;+1;+2;-2/p-1. The molecule has 0 amide bonds. The van der Waals surface area contributed by atoms with Crippen LogP contribution in [0.3, 0.4) is 0 Å². The molecule has 0 spiro atoms. The molecule has 0 saturated carbocycles. The predicted octanol–water partition coefficient (Wildman–Crippen LogP) is -4.61. The monoisotopic (exact) mass is 108 g/mol. The summed E-state index contributed by atoms with van der Waals surface area (Å²) >= 11 is 0. The van der Waals surface area contributed by atoms with E-state index in [1.165, 1.54) is 0 Å². The maximum atomic E-state index is 8.44. The van der Waals surface area contributed by atoms with Crippen LogP contribution < -0.4 is 24.0 Å². The summed E-state index contributed by atoms with van der Waals surface area (Å²) in [4.78, 5) is 8.44. The predicted molar refractivity (Wildman–Crippen MR) is 14.5 cm³/mol. The van der Waals surface area contributed by atoms with Crippen molar-refractivity contribution < 1.29 is 39.3 Å². The fraction of sp³-hybridized carbons (Fsp3) is 0. The van der Waals surface area contributed by atoms with Crippen molar-refractivity contribution in [3.05, 3.63) is 0 Å². The molecule has 6 heteroatoms. The van der Waals surface area contributed by atoms with Gasteiger partial charge in [0.1, 0.15) is 0 Å². The number of hydrogen-bond acceptors (Lipinski definition) is 2. The molecular weight excluding hydrogens is 107 g/mol. The molecule has 0 heterocycles. The van der Waals surface area contributed by atoms with Gasteiger partial charge in [0.2, 0.25) is 6.16 Å². The topological polar surface area (TPSA) is 88.9 Å². The van der Waals surface area contributed by atoms with Gasteiger partial charge in [0.05, 0.1) is 0 Å². The molecule has 0 saturated heterocycles. The Morgan fingerprint density at radius 3 is 1.57 bits per heavy atom. The van der Waals surface area contributed by atoms with Crippen LogP contribution >= 0.6 is 0 Å². The van der Waals surface area contributed by atoms with E-state index in [0.29, 0.717) is 0 Å². The fourth-order valence-electron chi connectivity index (χ4n) is 0. The third kappa shape index (κ3) is 395. The second-order valence-corrected chi connectivity index (χ2v) is 0.266. The van der Waals surface area contributed by atoms with Crippen molar-refractivity contribution >= 4 is 29.2 Å². The zero-order chi connectivity index (χ0) is 3.58. The van der Waals surface area contributed by atoms with E-state index in [1.54, 1.807) is 0 Å². The fourth-order valence-corrected chi connectivity index (χ4v) is 0. The molecule has 4 nitrogen and oxygen atoms in total. The van der Waals surface area contributed by atoms with Gasteiger partial charge in [-0.25, -0.2) is 0 Å². The third-order valence-electron chi connectivity index (χ3n) is 0. The van der Waals surface area contributed by atoms with Gasteiger partial charge in [-0.3, -0.25) is 0 Å². The first-order chi connectivity index (χ1) is 1.73. The van der Waals surface area contributed by atoms with Crippen LogP contribution in [0.25, 0.3) is 0 Å². The van der Waals surface area contributed by atoms with Gasteiger partial charge in [0.15, 0.2) is 0 Å². The number of carbonyl (C=O) groups is 1. The van der Waals surface area contributed by atoms with E-state index in [0.717, 1.165) is 0 Å². The molecule has 0 aromatic carbocycles. The molecular formula is CHLiMgO4. The Balaban J connectivity index is -0.0000000150. The Morgan fingerprint density at radius 2 is 1.57 bits per heavy atom. The van der Waals surface area contributed by atoms with Crippen molar-refractivity contribution in [2.45, 2.75) is 0 Å². The van der Waals surface area contributed by atoms with E-state index in [9.17, 15) is 0 Å². The van der Waals surface area contributed by atoms with Crippen molar-refractivity contribution in [2.24, 2.45) is 0 Å². The van der Waals surface area contributed by atoms with Gasteiger partial charge in [-0.1, -0.05) is 0 Å². The van der Waals surface area contributed by atoms with Gasteiger partial charge in [-0.05, 0) is 0 Å². The Labute approximate surface area is 68.5 Å². The second kappa shape index (κ2) is 16.0. The van der Waals surface area contributed by atoms with Crippen LogP contribution in [0.4, 0.5) is 4.79 Å². The first-order valence-electron chi connectivity index (χ1n) is 0.632. The first kappa shape index (κ1) is 25.6. The van der Waals surface area contributed by atoms with Crippen molar-refractivity contribution in [2.75, 3.05) is 0 Å². The maximum Gasteiger partial charge on any atom is 2.00 e. The molecule has 0 bridgehead atoms. The molecule has 7 heavy (non-hydrogen) atoms. The van der Waals surface area contributed by atoms with Gasteiger partial charge in [-0.15, -0.1) is 0 Å². The van der Waals surface area contributed by atoms with Crippen LogP contribution in [0, 0.1) is 0 Å². The molecule has 0 rings (SSSR count). The summed E-state index contributed by atoms with van der Waals surface area (Å²) in [7, 11) is 0. The molecule has 32 valence electrons. The molecule has 0 aliphatic carbocycles. The zero-order valence-corrected chi connectivity index (χ0v) is 5.29. The van der Waals surface area contributed by atoms with Gasteiger partial charge in [0.25, 0.3) is 0 Å². The molecule has 0 unspecified atom stereocenters. The van der Waals surface area contributed by atoms with Crippen molar-refractivity contribution in [3.63, 3.8) is 0 Å². The summed E-state index contributed by atoms with van der Waals surface area (Å²) in [6.45, 7) is 0. The second-order valence-electron chi connectivity index (χ2n) is 0.266. The number of hydrogen-bond donors (Lipinski definition) is 1. The van der Waals surface area contributed by atoms with E-state index in [-0.39, 0.29) is 47.4 Å². The Hall–Kier alpha value is 0.594. The normalized spacial score (nSPS) is 3.43. The van der Waals surface area contributed by atoms with E-state index < -0.39 is 6.16 Å². The molecule has 0 aliphatic rings. The van der Waals surface area contributed by atoms with Crippen LogP contribution in [-0.4, -0.2) is 34.3 Å². The Bertz CT molecular complexity index is 34.7. The molecule has 0 aromatic heterocycles. The summed E-state index contributed by atoms with van der Waals surface area (Å²) in [5.41, 5.74) is 0. The number of rotatable bonds is 0. The summed E-state index contributed by atoms with van der Waals surface area (Å²) in [5, 5.41) is 15.3. The minimum Gasteiger partial charge on any atom is -2.00 e. The van der Waals surface area contributed by atoms with Gasteiger partial charge in [0, 0.05) is 0 Å².